The summed E-state index contributed by atoms with van der Waals surface area (Å²) in [6.07, 6.45) is 39.2. The molecule has 4 heteroatoms. The van der Waals surface area contributed by atoms with Crippen LogP contribution in [-0.2, 0) is 4.79 Å². The topological polar surface area (TPSA) is 77.8 Å². The summed E-state index contributed by atoms with van der Waals surface area (Å²) in [5.41, 5.74) is 0. The summed E-state index contributed by atoms with van der Waals surface area (Å²) < 4.78 is 0. The summed E-state index contributed by atoms with van der Waals surface area (Å²) in [6, 6.07) is 0. The molecule has 0 spiro atoms. The van der Waals surface area contributed by atoms with Crippen molar-refractivity contribution in [2.24, 2.45) is 0 Å². The molecule has 1 unspecified atom stereocenters. The molecule has 0 bridgehead atoms. The molecule has 0 saturated carbocycles. The molecule has 2 atom stereocenters. The summed E-state index contributed by atoms with van der Waals surface area (Å²) in [4.78, 5) is 10.4. The van der Waals surface area contributed by atoms with E-state index in [1.807, 2.05) is 42.5 Å². The smallest absolute Gasteiger partial charge is 0.303 e. The van der Waals surface area contributed by atoms with Crippen molar-refractivity contribution in [3.8, 4) is 0 Å². The average molecular weight is 501 g/mol. The molecule has 0 rings (SSSR count). The molecule has 0 fully saturated rings. The number of unbranched alkanes of at least 4 members (excludes halogenated alkanes) is 10. The lowest BCUT2D eigenvalue weighted by Crippen LogP contribution is -1.98. The number of aliphatic hydroxyl groups is 2. The molecule has 0 aromatic heterocycles. The van der Waals surface area contributed by atoms with Gasteiger partial charge in [-0.3, -0.25) is 4.79 Å². The zero-order valence-electron chi connectivity index (χ0n) is 22.6. The number of carbonyl (C=O) groups is 1. The minimum absolute atomic E-state index is 0.314. The van der Waals surface area contributed by atoms with E-state index in [9.17, 15) is 15.0 Å². The molecular weight excluding hydrogens is 448 g/mol. The van der Waals surface area contributed by atoms with Gasteiger partial charge in [0.25, 0.3) is 0 Å². The fourth-order valence-corrected chi connectivity index (χ4v) is 3.65. The van der Waals surface area contributed by atoms with Gasteiger partial charge in [-0.05, 0) is 44.9 Å². The van der Waals surface area contributed by atoms with E-state index in [2.05, 4.69) is 25.2 Å². The molecule has 4 nitrogen and oxygen atoms in total. The second-order valence-corrected chi connectivity index (χ2v) is 9.29. The number of allylic oxidation sites excluding steroid dienone is 8. The first-order chi connectivity index (χ1) is 17.6. The van der Waals surface area contributed by atoms with Crippen LogP contribution in [0.25, 0.3) is 0 Å². The van der Waals surface area contributed by atoms with Crippen molar-refractivity contribution in [2.45, 2.75) is 122 Å². The third kappa shape index (κ3) is 28.1. The number of rotatable bonds is 24. The van der Waals surface area contributed by atoms with Crippen molar-refractivity contribution in [1.82, 2.24) is 0 Å². The predicted molar refractivity (Wildman–Crippen MR) is 154 cm³/mol. The molecule has 0 aliphatic rings. The summed E-state index contributed by atoms with van der Waals surface area (Å²) in [7, 11) is 0. The average Bonchev–Trinajstić information content (AvgIpc) is 2.85. The van der Waals surface area contributed by atoms with Crippen molar-refractivity contribution < 1.29 is 20.1 Å². The number of hydrogen-bond acceptors (Lipinski definition) is 3. The Morgan fingerprint density at radius 1 is 0.611 bits per heavy atom. The van der Waals surface area contributed by atoms with E-state index < -0.39 is 18.2 Å². The highest BCUT2D eigenvalue weighted by atomic mass is 16.4. The molecular formula is C32H52O4. The van der Waals surface area contributed by atoms with Crippen molar-refractivity contribution in [3.63, 3.8) is 0 Å². The Kier molecular flexibility index (Phi) is 25.8. The number of aliphatic carboxylic acids is 1. The fraction of sp³-hybridized carbons (Fsp3) is 0.594. The standard InChI is InChI=1S/C32H52O4/c1-2-3-20-25-30(33)27-22-18-19-23-28-31(34)26-21-16-14-12-10-8-6-4-5-7-9-11-13-15-17-24-29-32(35)36/h3,10,12,16,18-23,27-28,30-31,33-34H,2,4-9,11,13-15,17,24-26,29H2,1H3,(H,35,36)/b12-10?,19-18+,20-3-,21-16?,27-22-,28-23+/t30-,31?/m0/s1. The lowest BCUT2D eigenvalue weighted by Gasteiger charge is -2.01. The molecule has 3 N–H and O–H groups in total. The van der Waals surface area contributed by atoms with E-state index in [4.69, 9.17) is 5.11 Å². The first-order valence-electron chi connectivity index (χ1n) is 14.1. The molecule has 0 saturated heterocycles. The second kappa shape index (κ2) is 27.4. The molecule has 0 aromatic rings. The Hall–Kier alpha value is -2.17. The maximum absolute atomic E-state index is 10.4. The predicted octanol–water partition coefficient (Wildman–Crippen LogP) is 8.39. The lowest BCUT2D eigenvalue weighted by atomic mass is 10.1. The molecule has 0 aromatic carbocycles. The molecule has 0 radical (unpaired) electrons. The fourth-order valence-electron chi connectivity index (χ4n) is 3.65. The molecule has 0 amide bonds. The van der Waals surface area contributed by atoms with Gasteiger partial charge in [-0.1, -0.05) is 131 Å². The van der Waals surface area contributed by atoms with Gasteiger partial charge in [0.05, 0.1) is 12.2 Å². The van der Waals surface area contributed by atoms with Crippen LogP contribution in [0.5, 0.6) is 0 Å². The molecule has 0 aliphatic carbocycles. The second-order valence-electron chi connectivity index (χ2n) is 9.29. The van der Waals surface area contributed by atoms with Crippen molar-refractivity contribution in [3.05, 3.63) is 72.9 Å². The summed E-state index contributed by atoms with van der Waals surface area (Å²) in [5, 5.41) is 28.3. The van der Waals surface area contributed by atoms with Gasteiger partial charge in [-0.15, -0.1) is 0 Å². The van der Waals surface area contributed by atoms with E-state index >= 15 is 0 Å². The third-order valence-electron chi connectivity index (χ3n) is 5.77. The summed E-state index contributed by atoms with van der Waals surface area (Å²) >= 11 is 0. The van der Waals surface area contributed by atoms with Crippen LogP contribution in [0.4, 0.5) is 0 Å². The van der Waals surface area contributed by atoms with Crippen LogP contribution in [0.15, 0.2) is 72.9 Å². The van der Waals surface area contributed by atoms with Crippen molar-refractivity contribution in [2.75, 3.05) is 0 Å². The largest absolute Gasteiger partial charge is 0.481 e. The highest BCUT2D eigenvalue weighted by molar-refractivity contribution is 5.66. The normalized spacial score (nSPS) is 14.5. The number of carboxylic acid groups (broad SMARTS) is 1. The van der Waals surface area contributed by atoms with E-state index in [1.165, 1.54) is 51.4 Å². The molecule has 36 heavy (non-hydrogen) atoms. The van der Waals surface area contributed by atoms with Gasteiger partial charge in [-0.25, -0.2) is 0 Å². The lowest BCUT2D eigenvalue weighted by molar-refractivity contribution is -0.137. The van der Waals surface area contributed by atoms with Gasteiger partial charge in [0, 0.05) is 6.42 Å². The summed E-state index contributed by atoms with van der Waals surface area (Å²) in [6.45, 7) is 2.07. The van der Waals surface area contributed by atoms with E-state index in [0.29, 0.717) is 19.3 Å². The Morgan fingerprint density at radius 2 is 1.08 bits per heavy atom. The van der Waals surface area contributed by atoms with Gasteiger partial charge >= 0.3 is 5.97 Å². The van der Waals surface area contributed by atoms with Crippen LogP contribution in [0.1, 0.15) is 110 Å². The van der Waals surface area contributed by atoms with Crippen LogP contribution in [-0.4, -0.2) is 33.5 Å². The Morgan fingerprint density at radius 3 is 1.61 bits per heavy atom. The van der Waals surface area contributed by atoms with Crippen LogP contribution in [0.2, 0.25) is 0 Å². The van der Waals surface area contributed by atoms with Gasteiger partial charge in [0.1, 0.15) is 0 Å². The number of carboxylic acids is 1. The third-order valence-corrected chi connectivity index (χ3v) is 5.77. The Labute approximate surface area is 220 Å². The first kappa shape index (κ1) is 33.8. The molecule has 0 heterocycles. The van der Waals surface area contributed by atoms with E-state index in [1.54, 1.807) is 12.2 Å². The highest BCUT2D eigenvalue weighted by Crippen LogP contribution is 2.12. The maximum Gasteiger partial charge on any atom is 0.303 e. The Bertz CT molecular complexity index is 670. The van der Waals surface area contributed by atoms with Crippen molar-refractivity contribution in [1.29, 1.82) is 0 Å². The molecule has 0 aliphatic heterocycles. The zero-order valence-corrected chi connectivity index (χ0v) is 22.6. The number of hydrogen-bond donors (Lipinski definition) is 3. The quantitative estimate of drug-likeness (QED) is 0.0706. The van der Waals surface area contributed by atoms with E-state index in [-0.39, 0.29) is 0 Å². The summed E-state index contributed by atoms with van der Waals surface area (Å²) in [5.74, 6) is -0.678. The Balaban J connectivity index is 3.58. The molecule has 204 valence electrons. The van der Waals surface area contributed by atoms with Crippen LogP contribution in [0.3, 0.4) is 0 Å². The van der Waals surface area contributed by atoms with E-state index in [0.717, 1.165) is 32.1 Å². The van der Waals surface area contributed by atoms with Gasteiger partial charge in [-0.2, -0.15) is 0 Å². The van der Waals surface area contributed by atoms with Gasteiger partial charge in [0.2, 0.25) is 0 Å². The van der Waals surface area contributed by atoms with Gasteiger partial charge in [0.15, 0.2) is 0 Å². The van der Waals surface area contributed by atoms with Crippen molar-refractivity contribution >= 4 is 5.97 Å². The number of aliphatic hydroxyl groups excluding tert-OH is 2. The first-order valence-corrected chi connectivity index (χ1v) is 14.1. The SMILES string of the molecule is CC/C=C\C[C@H](O)\C=C/C=C/C=C/C(O)CC=CCC=CCCCCCCCCCCCCC(=O)O. The van der Waals surface area contributed by atoms with Crippen LogP contribution in [0, 0.1) is 0 Å². The zero-order chi connectivity index (χ0) is 26.5. The maximum atomic E-state index is 10.4. The monoisotopic (exact) mass is 500 g/mol. The minimum atomic E-state index is -0.678. The van der Waals surface area contributed by atoms with Gasteiger partial charge < -0.3 is 15.3 Å². The minimum Gasteiger partial charge on any atom is -0.481 e. The highest BCUT2D eigenvalue weighted by Gasteiger charge is 1.97. The van der Waals surface area contributed by atoms with Crippen LogP contribution < -0.4 is 0 Å². The van der Waals surface area contributed by atoms with Crippen LogP contribution >= 0.6 is 0 Å².